The van der Waals surface area contributed by atoms with Crippen LogP contribution in [0.4, 0.5) is 0 Å². The maximum absolute atomic E-state index is 12.3. The monoisotopic (exact) mass is 424 g/mol. The van der Waals surface area contributed by atoms with E-state index in [4.69, 9.17) is 4.74 Å². The van der Waals surface area contributed by atoms with Crippen molar-refractivity contribution in [3.63, 3.8) is 0 Å². The zero-order valence-corrected chi connectivity index (χ0v) is 15.9. The number of thiophene rings is 1. The molecule has 0 bridgehead atoms. The summed E-state index contributed by atoms with van der Waals surface area (Å²) in [5.41, 5.74) is 0.842. The smallest absolute Gasteiger partial charge is 0.326 e. The van der Waals surface area contributed by atoms with Crippen molar-refractivity contribution in [1.82, 2.24) is 4.57 Å². The van der Waals surface area contributed by atoms with E-state index in [2.05, 4.69) is 20.9 Å². The van der Waals surface area contributed by atoms with Gasteiger partial charge >= 0.3 is 5.97 Å². The molecule has 0 aliphatic rings. The lowest BCUT2D eigenvalue weighted by atomic mass is 10.3. The van der Waals surface area contributed by atoms with Crippen LogP contribution in [0.25, 0.3) is 10.2 Å². The number of rotatable bonds is 4. The number of thiazole rings is 1. The first-order valence-corrected chi connectivity index (χ1v) is 9.64. The molecule has 0 spiro atoms. The molecule has 24 heavy (non-hydrogen) atoms. The molecule has 0 aliphatic heterocycles. The van der Waals surface area contributed by atoms with Gasteiger partial charge in [-0.15, -0.1) is 11.3 Å². The third kappa shape index (κ3) is 3.66. The van der Waals surface area contributed by atoms with E-state index in [0.29, 0.717) is 16.3 Å². The zero-order chi connectivity index (χ0) is 17.1. The predicted octanol–water partition coefficient (Wildman–Crippen LogP) is 3.83. The van der Waals surface area contributed by atoms with Crippen LogP contribution in [0, 0.1) is 0 Å². The number of halogens is 1. The summed E-state index contributed by atoms with van der Waals surface area (Å²) in [6, 6.07) is 9.26. The first kappa shape index (κ1) is 17.1. The molecule has 0 N–H and O–H groups in total. The second-order valence-corrected chi connectivity index (χ2v) is 7.65. The van der Waals surface area contributed by atoms with Gasteiger partial charge in [0, 0.05) is 4.47 Å². The number of ether oxygens (including phenoxy) is 1. The van der Waals surface area contributed by atoms with Gasteiger partial charge < -0.3 is 9.30 Å². The fraction of sp³-hybridized carbons (Fsp3) is 0.188. The van der Waals surface area contributed by atoms with E-state index < -0.39 is 0 Å². The standard InChI is InChI=1S/C16H13BrN2O3S2/c1-2-22-14(20)9-19-11-6-5-10(17)8-13(11)24-16(19)18-15(21)12-4-3-7-23-12/h3-8H,2,9H2,1H3. The second kappa shape index (κ2) is 7.42. The van der Waals surface area contributed by atoms with E-state index in [1.54, 1.807) is 17.6 Å². The molecule has 0 fully saturated rings. The molecule has 5 nitrogen and oxygen atoms in total. The van der Waals surface area contributed by atoms with Crippen molar-refractivity contribution in [2.45, 2.75) is 13.5 Å². The molecule has 0 saturated heterocycles. The number of amides is 1. The number of esters is 1. The van der Waals surface area contributed by atoms with Crippen molar-refractivity contribution in [2.75, 3.05) is 6.61 Å². The Bertz CT molecular complexity index is 958. The van der Waals surface area contributed by atoms with Gasteiger partial charge in [0.2, 0.25) is 0 Å². The van der Waals surface area contributed by atoms with E-state index in [9.17, 15) is 9.59 Å². The molecule has 3 aromatic rings. The van der Waals surface area contributed by atoms with Crippen LogP contribution in [0.2, 0.25) is 0 Å². The SMILES string of the molecule is CCOC(=O)Cn1c(=NC(=O)c2cccs2)sc2cc(Br)ccc21. The first-order valence-electron chi connectivity index (χ1n) is 7.15. The van der Waals surface area contributed by atoms with Crippen LogP contribution in [-0.4, -0.2) is 23.1 Å². The van der Waals surface area contributed by atoms with Crippen LogP contribution in [-0.2, 0) is 16.1 Å². The van der Waals surface area contributed by atoms with Crippen LogP contribution in [0.5, 0.6) is 0 Å². The van der Waals surface area contributed by atoms with Gasteiger partial charge in [-0.25, -0.2) is 0 Å². The van der Waals surface area contributed by atoms with Crippen LogP contribution >= 0.6 is 38.6 Å². The first-order chi connectivity index (χ1) is 11.6. The van der Waals surface area contributed by atoms with Gasteiger partial charge in [0.15, 0.2) is 4.80 Å². The third-order valence-corrected chi connectivity index (χ3v) is 5.56. The Balaban J connectivity index is 2.11. The Labute approximate surface area is 154 Å². The van der Waals surface area contributed by atoms with Gasteiger partial charge in [0.25, 0.3) is 5.91 Å². The summed E-state index contributed by atoms with van der Waals surface area (Å²) in [6.45, 7) is 2.09. The normalized spacial score (nSPS) is 11.8. The summed E-state index contributed by atoms with van der Waals surface area (Å²) in [4.78, 5) is 29.5. The highest BCUT2D eigenvalue weighted by atomic mass is 79.9. The quantitative estimate of drug-likeness (QED) is 0.597. The number of benzene rings is 1. The minimum atomic E-state index is -0.356. The fourth-order valence-electron chi connectivity index (χ4n) is 2.16. The van der Waals surface area contributed by atoms with Crippen LogP contribution < -0.4 is 4.80 Å². The minimum Gasteiger partial charge on any atom is -0.465 e. The Morgan fingerprint density at radius 1 is 1.33 bits per heavy atom. The average molecular weight is 425 g/mol. The van der Waals surface area contributed by atoms with Crippen molar-refractivity contribution in [3.05, 3.63) is 49.9 Å². The predicted molar refractivity (Wildman–Crippen MR) is 98.4 cm³/mol. The lowest BCUT2D eigenvalue weighted by molar-refractivity contribution is -0.143. The number of carbonyl (C=O) groups excluding carboxylic acids is 2. The maximum Gasteiger partial charge on any atom is 0.326 e. The summed E-state index contributed by atoms with van der Waals surface area (Å²) >= 11 is 6.14. The molecule has 0 atom stereocenters. The Kier molecular flexibility index (Phi) is 5.27. The second-order valence-electron chi connectivity index (χ2n) is 4.78. The average Bonchev–Trinajstić information content (AvgIpc) is 3.16. The zero-order valence-electron chi connectivity index (χ0n) is 12.7. The maximum atomic E-state index is 12.3. The fourth-order valence-corrected chi connectivity index (χ4v) is 4.35. The van der Waals surface area contributed by atoms with E-state index in [1.165, 1.54) is 22.7 Å². The highest BCUT2D eigenvalue weighted by Gasteiger charge is 2.13. The van der Waals surface area contributed by atoms with Crippen molar-refractivity contribution in [3.8, 4) is 0 Å². The van der Waals surface area contributed by atoms with E-state index in [1.807, 2.05) is 29.6 Å². The molecule has 124 valence electrons. The van der Waals surface area contributed by atoms with Crippen molar-refractivity contribution < 1.29 is 14.3 Å². The van der Waals surface area contributed by atoms with E-state index >= 15 is 0 Å². The van der Waals surface area contributed by atoms with Crippen LogP contribution in [0.1, 0.15) is 16.6 Å². The topological polar surface area (TPSA) is 60.7 Å². The number of aromatic nitrogens is 1. The molecule has 1 aromatic carbocycles. The molecule has 8 heteroatoms. The van der Waals surface area contributed by atoms with Crippen LogP contribution in [0.3, 0.4) is 0 Å². The van der Waals surface area contributed by atoms with Gasteiger partial charge in [0.05, 0.1) is 21.7 Å². The number of carbonyl (C=O) groups is 2. The lowest BCUT2D eigenvalue weighted by Crippen LogP contribution is -2.23. The summed E-state index contributed by atoms with van der Waals surface area (Å²) in [7, 11) is 0. The minimum absolute atomic E-state index is 0.0199. The lowest BCUT2D eigenvalue weighted by Gasteiger charge is -2.05. The number of fused-ring (bicyclic) bond motifs is 1. The van der Waals surface area contributed by atoms with Crippen molar-refractivity contribution in [2.24, 2.45) is 4.99 Å². The molecular formula is C16H13BrN2O3S2. The highest BCUT2D eigenvalue weighted by Crippen LogP contribution is 2.22. The number of hydrogen-bond donors (Lipinski definition) is 0. The highest BCUT2D eigenvalue weighted by molar-refractivity contribution is 9.10. The molecule has 2 aromatic heterocycles. The number of nitrogens with zero attached hydrogens (tertiary/aromatic N) is 2. The Morgan fingerprint density at radius 2 is 2.17 bits per heavy atom. The van der Waals surface area contributed by atoms with Gasteiger partial charge in [-0.2, -0.15) is 4.99 Å². The Morgan fingerprint density at radius 3 is 2.88 bits per heavy atom. The molecular weight excluding hydrogens is 412 g/mol. The molecule has 0 radical (unpaired) electrons. The van der Waals surface area contributed by atoms with Gasteiger partial charge in [-0.05, 0) is 36.6 Å². The van der Waals surface area contributed by atoms with Crippen molar-refractivity contribution in [1.29, 1.82) is 0 Å². The summed E-state index contributed by atoms with van der Waals surface area (Å²) in [5.74, 6) is -0.668. The van der Waals surface area contributed by atoms with Gasteiger partial charge in [0.1, 0.15) is 6.54 Å². The molecule has 0 aliphatic carbocycles. The van der Waals surface area contributed by atoms with Crippen molar-refractivity contribution >= 4 is 60.7 Å². The third-order valence-electron chi connectivity index (χ3n) is 3.17. The molecule has 2 heterocycles. The summed E-state index contributed by atoms with van der Waals surface area (Å²) in [5, 5.41) is 1.83. The van der Waals surface area contributed by atoms with E-state index in [-0.39, 0.29) is 18.4 Å². The summed E-state index contributed by atoms with van der Waals surface area (Å²) < 4.78 is 8.61. The largest absolute Gasteiger partial charge is 0.465 e. The Hall–Kier alpha value is -1.77. The van der Waals surface area contributed by atoms with Crippen LogP contribution in [0.15, 0.2) is 45.2 Å². The molecule has 1 amide bonds. The molecule has 0 saturated carbocycles. The molecule has 3 rings (SSSR count). The van der Waals surface area contributed by atoms with Gasteiger partial charge in [-0.3, -0.25) is 9.59 Å². The number of hydrogen-bond acceptors (Lipinski definition) is 5. The van der Waals surface area contributed by atoms with E-state index in [0.717, 1.165) is 14.7 Å². The molecule has 0 unspecified atom stereocenters. The van der Waals surface area contributed by atoms with Gasteiger partial charge in [-0.1, -0.05) is 33.3 Å². The summed E-state index contributed by atoms with van der Waals surface area (Å²) in [6.07, 6.45) is 0.